The first kappa shape index (κ1) is 13.7. The van der Waals surface area contributed by atoms with Gasteiger partial charge in [0.1, 0.15) is 0 Å². The first-order valence-corrected chi connectivity index (χ1v) is 8.31. The molecule has 0 spiro atoms. The molecule has 1 nitrogen and oxygen atoms in total. The third kappa shape index (κ3) is 2.92. The predicted octanol–water partition coefficient (Wildman–Crippen LogP) is 4.60. The molecule has 2 N–H and O–H groups in total. The molecule has 0 amide bonds. The Balaban J connectivity index is 1.67. The zero-order valence-electron chi connectivity index (χ0n) is 11.8. The standard InChI is InChI=1S/C18H21NS/c1-2-20-15-10-8-14(9-11-15)18(19)17-12-16(17)13-6-4-3-5-7-13/h3-11,16-18H,2,12,19H2,1H3. The maximum absolute atomic E-state index is 6.45. The minimum Gasteiger partial charge on any atom is -0.324 e. The summed E-state index contributed by atoms with van der Waals surface area (Å²) < 4.78 is 0. The molecule has 0 radical (unpaired) electrons. The van der Waals surface area contributed by atoms with Gasteiger partial charge in [-0.3, -0.25) is 0 Å². The highest BCUT2D eigenvalue weighted by Gasteiger charge is 2.42. The van der Waals surface area contributed by atoms with Crippen LogP contribution in [0.2, 0.25) is 0 Å². The van der Waals surface area contributed by atoms with Crippen LogP contribution < -0.4 is 5.73 Å². The molecule has 0 aliphatic heterocycles. The van der Waals surface area contributed by atoms with Crippen LogP contribution in [0.25, 0.3) is 0 Å². The summed E-state index contributed by atoms with van der Waals surface area (Å²) in [5, 5.41) is 0. The lowest BCUT2D eigenvalue weighted by Crippen LogP contribution is -2.13. The Bertz CT molecular complexity index is 549. The highest BCUT2D eigenvalue weighted by Crippen LogP contribution is 2.53. The van der Waals surface area contributed by atoms with Crippen LogP contribution in [-0.4, -0.2) is 5.75 Å². The van der Waals surface area contributed by atoms with E-state index in [2.05, 4.69) is 61.5 Å². The molecule has 1 fully saturated rings. The third-order valence-electron chi connectivity index (χ3n) is 4.10. The second-order valence-corrected chi connectivity index (χ2v) is 6.78. The van der Waals surface area contributed by atoms with E-state index < -0.39 is 0 Å². The third-order valence-corrected chi connectivity index (χ3v) is 5.00. The van der Waals surface area contributed by atoms with E-state index in [0.29, 0.717) is 11.8 Å². The van der Waals surface area contributed by atoms with Crippen molar-refractivity contribution in [1.82, 2.24) is 0 Å². The quantitative estimate of drug-likeness (QED) is 0.811. The van der Waals surface area contributed by atoms with Crippen molar-refractivity contribution in [1.29, 1.82) is 0 Å². The van der Waals surface area contributed by atoms with Gasteiger partial charge in [0.25, 0.3) is 0 Å². The molecule has 1 aliphatic carbocycles. The molecule has 0 bridgehead atoms. The van der Waals surface area contributed by atoms with Crippen LogP contribution in [0.1, 0.15) is 36.4 Å². The Labute approximate surface area is 125 Å². The summed E-state index contributed by atoms with van der Waals surface area (Å²) in [6.07, 6.45) is 1.22. The molecule has 2 aromatic carbocycles. The Morgan fingerprint density at radius 3 is 2.45 bits per heavy atom. The molecule has 20 heavy (non-hydrogen) atoms. The lowest BCUT2D eigenvalue weighted by Gasteiger charge is -2.12. The Morgan fingerprint density at radius 1 is 1.10 bits per heavy atom. The zero-order valence-corrected chi connectivity index (χ0v) is 12.6. The average Bonchev–Trinajstić information content (AvgIpc) is 3.29. The lowest BCUT2D eigenvalue weighted by molar-refractivity contribution is 0.615. The molecular weight excluding hydrogens is 262 g/mol. The first-order chi connectivity index (χ1) is 9.79. The topological polar surface area (TPSA) is 26.0 Å². The normalized spacial score (nSPS) is 22.5. The van der Waals surface area contributed by atoms with Gasteiger partial charge in [-0.05, 0) is 47.3 Å². The fraction of sp³-hybridized carbons (Fsp3) is 0.333. The van der Waals surface area contributed by atoms with Crippen molar-refractivity contribution in [3.63, 3.8) is 0 Å². The van der Waals surface area contributed by atoms with Gasteiger partial charge in [0, 0.05) is 10.9 Å². The number of hydrogen-bond donors (Lipinski definition) is 1. The molecule has 0 saturated heterocycles. The summed E-state index contributed by atoms with van der Waals surface area (Å²) >= 11 is 1.88. The van der Waals surface area contributed by atoms with E-state index in [9.17, 15) is 0 Å². The SMILES string of the molecule is CCSc1ccc(C(N)C2CC2c2ccccc2)cc1. The summed E-state index contributed by atoms with van der Waals surface area (Å²) in [7, 11) is 0. The van der Waals surface area contributed by atoms with Gasteiger partial charge in [-0.25, -0.2) is 0 Å². The number of hydrogen-bond acceptors (Lipinski definition) is 2. The van der Waals surface area contributed by atoms with Gasteiger partial charge in [-0.1, -0.05) is 49.4 Å². The van der Waals surface area contributed by atoms with Gasteiger partial charge in [-0.2, -0.15) is 0 Å². The molecule has 1 aliphatic rings. The monoisotopic (exact) mass is 283 g/mol. The molecule has 3 atom stereocenters. The Morgan fingerprint density at radius 2 is 1.80 bits per heavy atom. The first-order valence-electron chi connectivity index (χ1n) is 7.33. The van der Waals surface area contributed by atoms with E-state index in [-0.39, 0.29) is 6.04 Å². The molecular formula is C18H21NS. The van der Waals surface area contributed by atoms with Crippen molar-refractivity contribution in [2.45, 2.75) is 30.2 Å². The van der Waals surface area contributed by atoms with E-state index in [1.54, 1.807) is 0 Å². The maximum atomic E-state index is 6.45. The van der Waals surface area contributed by atoms with Crippen LogP contribution in [-0.2, 0) is 0 Å². The smallest absolute Gasteiger partial charge is 0.0329 e. The van der Waals surface area contributed by atoms with Crippen LogP contribution in [0.3, 0.4) is 0 Å². The molecule has 104 valence electrons. The van der Waals surface area contributed by atoms with E-state index in [4.69, 9.17) is 5.73 Å². The van der Waals surface area contributed by atoms with Crippen LogP contribution in [0.5, 0.6) is 0 Å². The summed E-state index contributed by atoms with van der Waals surface area (Å²) in [4.78, 5) is 1.33. The Hall–Kier alpha value is -1.25. The summed E-state index contributed by atoms with van der Waals surface area (Å²) in [6.45, 7) is 2.18. The summed E-state index contributed by atoms with van der Waals surface area (Å²) in [5.41, 5.74) is 9.15. The average molecular weight is 283 g/mol. The lowest BCUT2D eigenvalue weighted by atomic mass is 10.00. The fourth-order valence-corrected chi connectivity index (χ4v) is 3.56. The van der Waals surface area contributed by atoms with Gasteiger partial charge in [-0.15, -0.1) is 11.8 Å². The maximum Gasteiger partial charge on any atom is 0.0329 e. The second-order valence-electron chi connectivity index (χ2n) is 5.44. The summed E-state index contributed by atoms with van der Waals surface area (Å²) in [6, 6.07) is 19.7. The molecule has 0 heterocycles. The molecule has 0 aromatic heterocycles. The van der Waals surface area contributed by atoms with Gasteiger partial charge in [0.2, 0.25) is 0 Å². The van der Waals surface area contributed by atoms with Crippen molar-refractivity contribution in [2.75, 3.05) is 5.75 Å². The minimum atomic E-state index is 0.167. The van der Waals surface area contributed by atoms with Crippen molar-refractivity contribution >= 4 is 11.8 Å². The zero-order chi connectivity index (χ0) is 13.9. The van der Waals surface area contributed by atoms with Gasteiger partial charge < -0.3 is 5.73 Å². The number of benzene rings is 2. The van der Waals surface area contributed by atoms with Gasteiger partial charge >= 0.3 is 0 Å². The molecule has 2 heteroatoms. The van der Waals surface area contributed by atoms with Crippen LogP contribution >= 0.6 is 11.8 Å². The van der Waals surface area contributed by atoms with E-state index in [1.807, 2.05) is 11.8 Å². The summed E-state index contributed by atoms with van der Waals surface area (Å²) in [5.74, 6) is 2.36. The second kappa shape index (κ2) is 6.02. The predicted molar refractivity (Wildman–Crippen MR) is 87.1 cm³/mol. The van der Waals surface area contributed by atoms with E-state index in [1.165, 1.54) is 22.4 Å². The number of nitrogens with two attached hydrogens (primary N) is 1. The molecule has 3 unspecified atom stereocenters. The van der Waals surface area contributed by atoms with Crippen LogP contribution in [0.4, 0.5) is 0 Å². The fourth-order valence-electron chi connectivity index (χ4n) is 2.90. The van der Waals surface area contributed by atoms with Crippen LogP contribution in [0.15, 0.2) is 59.5 Å². The molecule has 1 saturated carbocycles. The van der Waals surface area contributed by atoms with Gasteiger partial charge in [0.15, 0.2) is 0 Å². The molecule has 2 aromatic rings. The van der Waals surface area contributed by atoms with Crippen molar-refractivity contribution < 1.29 is 0 Å². The van der Waals surface area contributed by atoms with E-state index in [0.717, 1.165) is 5.75 Å². The number of rotatable bonds is 5. The van der Waals surface area contributed by atoms with Crippen molar-refractivity contribution in [3.05, 3.63) is 65.7 Å². The van der Waals surface area contributed by atoms with E-state index >= 15 is 0 Å². The minimum absolute atomic E-state index is 0.167. The van der Waals surface area contributed by atoms with Crippen molar-refractivity contribution in [2.24, 2.45) is 11.7 Å². The highest BCUT2D eigenvalue weighted by atomic mass is 32.2. The number of thioether (sulfide) groups is 1. The Kier molecular flexibility index (Phi) is 4.13. The largest absolute Gasteiger partial charge is 0.324 e. The highest BCUT2D eigenvalue weighted by molar-refractivity contribution is 7.99. The van der Waals surface area contributed by atoms with Crippen molar-refractivity contribution in [3.8, 4) is 0 Å². The molecule has 3 rings (SSSR count). The van der Waals surface area contributed by atoms with Gasteiger partial charge in [0.05, 0.1) is 0 Å². The van der Waals surface area contributed by atoms with Crippen LogP contribution in [0, 0.1) is 5.92 Å².